The summed E-state index contributed by atoms with van der Waals surface area (Å²) in [6, 6.07) is 14.2. The van der Waals surface area contributed by atoms with Crippen LogP contribution in [0.25, 0.3) is 0 Å². The molecule has 4 atom stereocenters. The summed E-state index contributed by atoms with van der Waals surface area (Å²) in [5, 5.41) is 8.17. The molecule has 0 spiro atoms. The van der Waals surface area contributed by atoms with Gasteiger partial charge in [-0.1, -0.05) is 76.6 Å². The summed E-state index contributed by atoms with van der Waals surface area (Å²) < 4.78 is 11.3. The third-order valence-electron chi connectivity index (χ3n) is 6.78. The predicted octanol–water partition coefficient (Wildman–Crippen LogP) is 4.25. The van der Waals surface area contributed by atoms with Crippen LogP contribution in [0.3, 0.4) is 0 Å². The molecule has 2 aromatic carbocycles. The van der Waals surface area contributed by atoms with E-state index in [2.05, 4.69) is 16.0 Å². The molecule has 4 amide bonds. The third kappa shape index (κ3) is 12.8. The molecule has 0 aliphatic heterocycles. The lowest BCUT2D eigenvalue weighted by atomic mass is 9.96. The van der Waals surface area contributed by atoms with E-state index in [9.17, 15) is 19.2 Å². The Morgan fingerprint density at radius 3 is 1.98 bits per heavy atom. The van der Waals surface area contributed by atoms with Crippen molar-refractivity contribution >= 4 is 23.8 Å². The molecule has 0 heterocycles. The van der Waals surface area contributed by atoms with Crippen molar-refractivity contribution in [3.8, 4) is 5.75 Å². The zero-order chi connectivity index (χ0) is 32.2. The Kier molecular flexibility index (Phi) is 13.5. The van der Waals surface area contributed by atoms with Gasteiger partial charge in [-0.25, -0.2) is 4.79 Å². The van der Waals surface area contributed by atoms with Crippen molar-refractivity contribution in [1.29, 1.82) is 0 Å². The molecule has 0 aromatic heterocycles. The highest BCUT2D eigenvalue weighted by Crippen LogP contribution is 2.17. The molecule has 0 bridgehead atoms. The van der Waals surface area contributed by atoms with Crippen molar-refractivity contribution < 1.29 is 28.7 Å². The maximum Gasteiger partial charge on any atom is 0.408 e. The zero-order valence-corrected chi connectivity index (χ0v) is 26.4. The fraction of sp³-hybridized carbons (Fsp3) is 0.515. The van der Waals surface area contributed by atoms with Gasteiger partial charge < -0.3 is 31.2 Å². The predicted molar refractivity (Wildman–Crippen MR) is 166 cm³/mol. The van der Waals surface area contributed by atoms with Gasteiger partial charge in [0, 0.05) is 6.42 Å². The van der Waals surface area contributed by atoms with Crippen molar-refractivity contribution in [2.45, 2.75) is 98.1 Å². The van der Waals surface area contributed by atoms with Gasteiger partial charge in [0.05, 0.1) is 0 Å². The Balaban J connectivity index is 2.22. The molecular formula is C33H48N4O6. The van der Waals surface area contributed by atoms with Crippen LogP contribution in [0.2, 0.25) is 0 Å². The van der Waals surface area contributed by atoms with Crippen LogP contribution in [-0.4, -0.2) is 47.5 Å². The van der Waals surface area contributed by atoms with E-state index < -0.39 is 47.5 Å². The minimum Gasteiger partial charge on any atom is -0.489 e. The van der Waals surface area contributed by atoms with Gasteiger partial charge >= 0.3 is 6.09 Å². The Morgan fingerprint density at radius 2 is 1.44 bits per heavy atom. The lowest BCUT2D eigenvalue weighted by Crippen LogP contribution is -2.58. The van der Waals surface area contributed by atoms with E-state index in [0.29, 0.717) is 25.2 Å². The fourth-order valence-electron chi connectivity index (χ4n) is 4.29. The molecule has 10 heteroatoms. The first-order chi connectivity index (χ1) is 20.2. The molecule has 0 aliphatic carbocycles. The lowest BCUT2D eigenvalue weighted by Gasteiger charge is -2.29. The van der Waals surface area contributed by atoms with E-state index in [1.807, 2.05) is 70.2 Å². The first-order valence-corrected chi connectivity index (χ1v) is 14.8. The van der Waals surface area contributed by atoms with E-state index in [4.69, 9.17) is 15.2 Å². The van der Waals surface area contributed by atoms with E-state index in [0.717, 1.165) is 11.1 Å². The van der Waals surface area contributed by atoms with Gasteiger partial charge in [0.1, 0.15) is 36.1 Å². The van der Waals surface area contributed by atoms with E-state index in [1.165, 1.54) is 0 Å². The number of hydrogen-bond acceptors (Lipinski definition) is 6. The molecule has 2 aromatic rings. The monoisotopic (exact) mass is 596 g/mol. The summed E-state index contributed by atoms with van der Waals surface area (Å²) in [4.78, 5) is 51.6. The maximum atomic E-state index is 13.6. The highest BCUT2D eigenvalue weighted by atomic mass is 16.6. The van der Waals surface area contributed by atoms with Gasteiger partial charge in [-0.2, -0.15) is 0 Å². The first-order valence-electron chi connectivity index (χ1n) is 14.8. The number of benzene rings is 2. The van der Waals surface area contributed by atoms with E-state index >= 15 is 0 Å². The van der Waals surface area contributed by atoms with Crippen LogP contribution in [-0.2, 0) is 32.1 Å². The quantitative estimate of drug-likeness (QED) is 0.242. The fourth-order valence-corrected chi connectivity index (χ4v) is 4.29. The van der Waals surface area contributed by atoms with E-state index in [-0.39, 0.29) is 18.3 Å². The van der Waals surface area contributed by atoms with Crippen molar-refractivity contribution in [2.75, 3.05) is 0 Å². The van der Waals surface area contributed by atoms with Gasteiger partial charge in [-0.15, -0.1) is 0 Å². The number of amides is 4. The number of nitrogens with one attached hydrogen (secondary N) is 3. The Labute approximate surface area is 255 Å². The number of primary amides is 1. The molecule has 0 saturated heterocycles. The summed E-state index contributed by atoms with van der Waals surface area (Å²) in [5.41, 5.74) is 6.56. The second kappa shape index (κ2) is 16.5. The normalized spacial score (nSPS) is 14.1. The topological polar surface area (TPSA) is 149 Å². The first kappa shape index (κ1) is 35.1. The SMILES string of the molecule is CC[C@H](C)[C@H](NC(=O)[C@@H](Cc1ccc(OCc2ccccc2)cc1)NC(=O)OC(C)(C)C)C(=O)N[C@@H](CC(C)C)C(N)=O. The van der Waals surface area contributed by atoms with Gasteiger partial charge in [0.2, 0.25) is 17.7 Å². The number of carbonyl (C=O) groups is 4. The molecular weight excluding hydrogens is 548 g/mol. The number of ether oxygens (including phenoxy) is 2. The molecule has 236 valence electrons. The molecule has 5 N–H and O–H groups in total. The second-order valence-electron chi connectivity index (χ2n) is 12.3. The number of hydrogen-bond donors (Lipinski definition) is 4. The molecule has 10 nitrogen and oxygen atoms in total. The van der Waals surface area contributed by atoms with Crippen molar-refractivity contribution in [1.82, 2.24) is 16.0 Å². The highest BCUT2D eigenvalue weighted by molar-refractivity contribution is 5.93. The van der Waals surface area contributed by atoms with Gasteiger partial charge in [0.15, 0.2) is 0 Å². The van der Waals surface area contributed by atoms with Crippen LogP contribution < -0.4 is 26.4 Å². The Hall–Kier alpha value is -4.08. The second-order valence-corrected chi connectivity index (χ2v) is 12.3. The number of carbonyl (C=O) groups excluding carboxylic acids is 4. The Bertz CT molecular complexity index is 1190. The smallest absolute Gasteiger partial charge is 0.408 e. The minimum absolute atomic E-state index is 0.118. The van der Waals surface area contributed by atoms with Crippen LogP contribution in [0.1, 0.15) is 72.4 Å². The van der Waals surface area contributed by atoms with Crippen LogP contribution in [0.5, 0.6) is 5.75 Å². The van der Waals surface area contributed by atoms with Crippen molar-refractivity contribution in [3.63, 3.8) is 0 Å². The summed E-state index contributed by atoms with van der Waals surface area (Å²) in [5.74, 6) is -1.20. The summed E-state index contributed by atoms with van der Waals surface area (Å²) in [6.45, 7) is 13.2. The van der Waals surface area contributed by atoms with Crippen LogP contribution in [0.4, 0.5) is 4.79 Å². The maximum absolute atomic E-state index is 13.6. The summed E-state index contributed by atoms with van der Waals surface area (Å²) in [7, 11) is 0. The van der Waals surface area contributed by atoms with Gasteiger partial charge in [-0.3, -0.25) is 14.4 Å². The molecule has 0 aliphatic rings. The molecule has 43 heavy (non-hydrogen) atoms. The summed E-state index contributed by atoms with van der Waals surface area (Å²) in [6.07, 6.45) is 0.329. The standard InChI is InChI=1S/C33H48N4O6/c1-8-22(4)28(31(40)35-26(29(34)38)18-21(2)3)37-30(39)27(36-32(41)43-33(5,6)7)19-23-14-16-25(17-15-23)42-20-24-12-10-9-11-13-24/h9-17,21-22,26-28H,8,18-20H2,1-7H3,(H2,34,38)(H,35,40)(H,36,41)(H,37,39)/t22-,26-,27+,28-/m0/s1. The Morgan fingerprint density at radius 1 is 0.814 bits per heavy atom. The largest absolute Gasteiger partial charge is 0.489 e. The van der Waals surface area contributed by atoms with Crippen molar-refractivity contribution in [2.24, 2.45) is 17.6 Å². The van der Waals surface area contributed by atoms with Crippen LogP contribution in [0.15, 0.2) is 54.6 Å². The van der Waals surface area contributed by atoms with Gasteiger partial charge in [0.25, 0.3) is 0 Å². The average molecular weight is 597 g/mol. The lowest BCUT2D eigenvalue weighted by molar-refractivity contribution is -0.133. The van der Waals surface area contributed by atoms with Crippen LogP contribution >= 0.6 is 0 Å². The summed E-state index contributed by atoms with van der Waals surface area (Å²) >= 11 is 0. The minimum atomic E-state index is -1.05. The van der Waals surface area contributed by atoms with Gasteiger partial charge in [-0.05, 0) is 62.3 Å². The number of rotatable bonds is 15. The molecule has 0 unspecified atom stereocenters. The number of nitrogens with two attached hydrogens (primary N) is 1. The molecule has 2 rings (SSSR count). The molecule has 0 radical (unpaired) electrons. The zero-order valence-electron chi connectivity index (χ0n) is 26.4. The van der Waals surface area contributed by atoms with Crippen molar-refractivity contribution in [3.05, 3.63) is 65.7 Å². The van der Waals surface area contributed by atoms with Crippen LogP contribution in [0, 0.1) is 11.8 Å². The molecule has 0 fully saturated rings. The highest BCUT2D eigenvalue weighted by Gasteiger charge is 2.33. The third-order valence-corrected chi connectivity index (χ3v) is 6.78. The number of alkyl carbamates (subject to hydrolysis) is 1. The van der Waals surface area contributed by atoms with E-state index in [1.54, 1.807) is 32.9 Å². The average Bonchev–Trinajstić information content (AvgIpc) is 2.93. The molecule has 0 saturated carbocycles.